The normalized spacial score (nSPS) is 14.3. The maximum atomic E-state index is 12.5. The Morgan fingerprint density at radius 2 is 1.96 bits per heavy atom. The molecule has 0 bridgehead atoms. The Kier molecular flexibility index (Phi) is 4.06. The summed E-state index contributed by atoms with van der Waals surface area (Å²) in [4.78, 5) is 17.9. The first kappa shape index (κ1) is 15.9. The van der Waals surface area contributed by atoms with E-state index in [4.69, 9.17) is 0 Å². The summed E-state index contributed by atoms with van der Waals surface area (Å²) in [6.45, 7) is 3.39. The molecule has 0 atom stereocenters. The third-order valence-electron chi connectivity index (χ3n) is 4.81. The number of pyridine rings is 1. The predicted molar refractivity (Wildman–Crippen MR) is 99.7 cm³/mol. The van der Waals surface area contributed by atoms with Gasteiger partial charge in [-0.2, -0.15) is 0 Å². The SMILES string of the molecule is Cc1ccc2cc(CN(Cc3cccc(O)c3)C3CC3)c(=O)[nH]c2c1. The molecule has 0 unspecified atom stereocenters. The number of benzene rings is 2. The number of aromatic nitrogens is 1. The molecule has 2 aromatic carbocycles. The Balaban J connectivity index is 1.62. The van der Waals surface area contributed by atoms with Crippen molar-refractivity contribution in [3.05, 3.63) is 75.6 Å². The fourth-order valence-electron chi connectivity index (χ4n) is 3.34. The molecule has 0 radical (unpaired) electrons. The van der Waals surface area contributed by atoms with E-state index in [-0.39, 0.29) is 11.3 Å². The number of fused-ring (bicyclic) bond motifs is 1. The van der Waals surface area contributed by atoms with Gasteiger partial charge in [-0.3, -0.25) is 9.69 Å². The van der Waals surface area contributed by atoms with E-state index < -0.39 is 0 Å². The number of nitrogens with zero attached hydrogens (tertiary/aromatic N) is 1. The topological polar surface area (TPSA) is 56.3 Å². The fourth-order valence-corrected chi connectivity index (χ4v) is 3.34. The van der Waals surface area contributed by atoms with Gasteiger partial charge < -0.3 is 10.1 Å². The van der Waals surface area contributed by atoms with E-state index >= 15 is 0 Å². The minimum Gasteiger partial charge on any atom is -0.508 e. The van der Waals surface area contributed by atoms with Crippen molar-refractivity contribution in [2.45, 2.75) is 38.9 Å². The van der Waals surface area contributed by atoms with Gasteiger partial charge in [0.1, 0.15) is 5.75 Å². The molecule has 4 nitrogen and oxygen atoms in total. The van der Waals surface area contributed by atoms with Gasteiger partial charge in [-0.1, -0.05) is 24.3 Å². The lowest BCUT2D eigenvalue weighted by Crippen LogP contribution is -2.28. The Morgan fingerprint density at radius 1 is 1.12 bits per heavy atom. The zero-order valence-corrected chi connectivity index (χ0v) is 14.3. The number of hydrogen-bond donors (Lipinski definition) is 2. The van der Waals surface area contributed by atoms with Crippen molar-refractivity contribution in [1.82, 2.24) is 9.88 Å². The number of aryl methyl sites for hydroxylation is 1. The first-order chi connectivity index (χ1) is 12.1. The molecular formula is C21H22N2O2. The van der Waals surface area contributed by atoms with Gasteiger partial charge in [0.15, 0.2) is 0 Å². The molecule has 0 amide bonds. The number of aromatic hydroxyl groups is 1. The molecule has 0 saturated heterocycles. The minimum atomic E-state index is -0.0142. The second kappa shape index (κ2) is 6.37. The Labute approximate surface area is 146 Å². The Morgan fingerprint density at radius 3 is 2.72 bits per heavy atom. The molecule has 0 aliphatic heterocycles. The minimum absolute atomic E-state index is 0.0142. The first-order valence-electron chi connectivity index (χ1n) is 8.73. The van der Waals surface area contributed by atoms with Gasteiger partial charge in [0.05, 0.1) is 0 Å². The second-order valence-corrected chi connectivity index (χ2v) is 7.02. The molecule has 4 rings (SSSR count). The smallest absolute Gasteiger partial charge is 0.252 e. The maximum Gasteiger partial charge on any atom is 0.252 e. The fraction of sp³-hybridized carbons (Fsp3) is 0.286. The molecule has 1 aromatic heterocycles. The zero-order valence-electron chi connectivity index (χ0n) is 14.3. The van der Waals surface area contributed by atoms with E-state index in [9.17, 15) is 9.90 Å². The van der Waals surface area contributed by atoms with Crippen molar-refractivity contribution in [2.24, 2.45) is 0 Å². The van der Waals surface area contributed by atoms with Gasteiger partial charge in [-0.15, -0.1) is 0 Å². The van der Waals surface area contributed by atoms with Gasteiger partial charge in [0.25, 0.3) is 5.56 Å². The van der Waals surface area contributed by atoms with Crippen LogP contribution in [0.5, 0.6) is 5.75 Å². The lowest BCUT2D eigenvalue weighted by atomic mass is 10.1. The molecule has 4 heteroatoms. The summed E-state index contributed by atoms with van der Waals surface area (Å²) in [5.41, 5.74) is 3.88. The molecule has 1 fully saturated rings. The van der Waals surface area contributed by atoms with Gasteiger partial charge >= 0.3 is 0 Å². The lowest BCUT2D eigenvalue weighted by molar-refractivity contribution is 0.244. The molecule has 2 N–H and O–H groups in total. The van der Waals surface area contributed by atoms with Crippen LogP contribution >= 0.6 is 0 Å². The molecule has 128 valence electrons. The van der Waals surface area contributed by atoms with Crippen molar-refractivity contribution in [3.8, 4) is 5.75 Å². The van der Waals surface area contributed by atoms with Crippen LogP contribution in [-0.4, -0.2) is 21.0 Å². The monoisotopic (exact) mass is 334 g/mol. The number of aromatic amines is 1. The molecule has 1 heterocycles. The van der Waals surface area contributed by atoms with Crippen molar-refractivity contribution < 1.29 is 5.11 Å². The van der Waals surface area contributed by atoms with Crippen LogP contribution in [0.4, 0.5) is 0 Å². The van der Waals surface area contributed by atoms with Gasteiger partial charge in [0.2, 0.25) is 0 Å². The van der Waals surface area contributed by atoms with E-state index in [1.165, 1.54) is 12.8 Å². The van der Waals surface area contributed by atoms with Crippen LogP contribution in [0.25, 0.3) is 10.9 Å². The van der Waals surface area contributed by atoms with Crippen LogP contribution in [0.3, 0.4) is 0 Å². The number of phenolic OH excluding ortho intramolecular Hbond substituents is 1. The molecular weight excluding hydrogens is 312 g/mol. The average Bonchev–Trinajstić information content (AvgIpc) is 3.40. The van der Waals surface area contributed by atoms with Crippen molar-refractivity contribution in [1.29, 1.82) is 0 Å². The average molecular weight is 334 g/mol. The maximum absolute atomic E-state index is 12.5. The van der Waals surface area contributed by atoms with E-state index in [2.05, 4.69) is 22.0 Å². The molecule has 1 saturated carbocycles. The van der Waals surface area contributed by atoms with Crippen molar-refractivity contribution in [3.63, 3.8) is 0 Å². The quantitative estimate of drug-likeness (QED) is 0.748. The highest BCUT2D eigenvalue weighted by atomic mass is 16.3. The van der Waals surface area contributed by atoms with Crippen molar-refractivity contribution >= 4 is 10.9 Å². The highest BCUT2D eigenvalue weighted by molar-refractivity contribution is 5.79. The molecule has 25 heavy (non-hydrogen) atoms. The summed E-state index contributed by atoms with van der Waals surface area (Å²) >= 11 is 0. The number of hydrogen-bond acceptors (Lipinski definition) is 3. The van der Waals surface area contributed by atoms with E-state index in [0.717, 1.165) is 34.1 Å². The van der Waals surface area contributed by atoms with Crippen LogP contribution in [0.2, 0.25) is 0 Å². The summed E-state index contributed by atoms with van der Waals surface area (Å²) in [5.74, 6) is 0.284. The Bertz CT molecular complexity index is 973. The van der Waals surface area contributed by atoms with Gasteiger partial charge in [0, 0.05) is 30.2 Å². The van der Waals surface area contributed by atoms with E-state index in [1.54, 1.807) is 12.1 Å². The highest BCUT2D eigenvalue weighted by Crippen LogP contribution is 2.30. The van der Waals surface area contributed by atoms with Crippen LogP contribution in [0.1, 0.15) is 29.5 Å². The second-order valence-electron chi connectivity index (χ2n) is 7.02. The Hall–Kier alpha value is -2.59. The summed E-state index contributed by atoms with van der Waals surface area (Å²) in [7, 11) is 0. The molecule has 1 aliphatic carbocycles. The third kappa shape index (κ3) is 3.59. The molecule has 1 aliphatic rings. The summed E-state index contributed by atoms with van der Waals surface area (Å²) in [5, 5.41) is 10.7. The summed E-state index contributed by atoms with van der Waals surface area (Å²) in [6, 6.07) is 16.0. The number of rotatable bonds is 5. The molecule has 3 aromatic rings. The first-order valence-corrected chi connectivity index (χ1v) is 8.73. The summed E-state index contributed by atoms with van der Waals surface area (Å²) in [6.07, 6.45) is 2.34. The van der Waals surface area contributed by atoms with Crippen LogP contribution < -0.4 is 5.56 Å². The third-order valence-corrected chi connectivity index (χ3v) is 4.81. The summed E-state index contributed by atoms with van der Waals surface area (Å²) < 4.78 is 0. The number of phenols is 1. The highest BCUT2D eigenvalue weighted by Gasteiger charge is 2.29. The van der Waals surface area contributed by atoms with Gasteiger partial charge in [-0.05, 0) is 60.5 Å². The standard InChI is InChI=1S/C21H22N2O2/c1-14-5-6-16-11-17(21(25)22-20(16)9-14)13-23(18-7-8-18)12-15-3-2-4-19(24)10-15/h2-6,9-11,18,24H,7-8,12-13H2,1H3,(H,22,25). The number of nitrogens with one attached hydrogen (secondary N) is 1. The lowest BCUT2D eigenvalue weighted by Gasteiger charge is -2.22. The van der Waals surface area contributed by atoms with E-state index in [0.29, 0.717) is 12.6 Å². The van der Waals surface area contributed by atoms with Crippen LogP contribution in [0, 0.1) is 6.92 Å². The van der Waals surface area contributed by atoms with Crippen LogP contribution in [-0.2, 0) is 13.1 Å². The number of H-pyrrole nitrogens is 1. The van der Waals surface area contributed by atoms with E-state index in [1.807, 2.05) is 31.2 Å². The molecule has 0 spiro atoms. The zero-order chi connectivity index (χ0) is 17.4. The van der Waals surface area contributed by atoms with Crippen LogP contribution in [0.15, 0.2) is 53.3 Å². The predicted octanol–water partition coefficient (Wildman–Crippen LogP) is 3.71. The largest absolute Gasteiger partial charge is 0.508 e. The van der Waals surface area contributed by atoms with Gasteiger partial charge in [-0.25, -0.2) is 0 Å². The van der Waals surface area contributed by atoms with Crippen molar-refractivity contribution in [2.75, 3.05) is 0 Å².